The first-order chi connectivity index (χ1) is 8.10. The van der Waals surface area contributed by atoms with Crippen LogP contribution in [-0.4, -0.2) is 6.54 Å². The van der Waals surface area contributed by atoms with Gasteiger partial charge in [0.1, 0.15) is 0 Å². The van der Waals surface area contributed by atoms with E-state index in [0.717, 1.165) is 6.54 Å². The standard InChI is InChI=1S/C14H21Cl2N/c1-4-6-10(3)14(17-5-2)11-7-8-12(15)13(16)9-11/h7-10,14,17H,4-6H2,1-3H3. The SMILES string of the molecule is CCCC(C)C(NCC)c1ccc(Cl)c(Cl)c1. The molecule has 0 amide bonds. The van der Waals surface area contributed by atoms with Crippen LogP contribution in [0.3, 0.4) is 0 Å². The van der Waals surface area contributed by atoms with Crippen molar-refractivity contribution in [1.82, 2.24) is 5.32 Å². The van der Waals surface area contributed by atoms with Crippen molar-refractivity contribution in [2.45, 2.75) is 39.7 Å². The Morgan fingerprint density at radius 3 is 2.41 bits per heavy atom. The summed E-state index contributed by atoms with van der Waals surface area (Å²) in [5, 5.41) is 4.78. The summed E-state index contributed by atoms with van der Waals surface area (Å²) < 4.78 is 0. The fraction of sp³-hybridized carbons (Fsp3) is 0.571. The Hall–Kier alpha value is -0.240. The molecule has 0 aliphatic rings. The van der Waals surface area contributed by atoms with E-state index in [-0.39, 0.29) is 0 Å². The van der Waals surface area contributed by atoms with Crippen molar-refractivity contribution in [2.24, 2.45) is 5.92 Å². The molecule has 17 heavy (non-hydrogen) atoms. The molecule has 1 aromatic rings. The number of halogens is 2. The van der Waals surface area contributed by atoms with E-state index in [4.69, 9.17) is 23.2 Å². The molecule has 0 spiro atoms. The lowest BCUT2D eigenvalue weighted by molar-refractivity contribution is 0.369. The Labute approximate surface area is 115 Å². The van der Waals surface area contributed by atoms with E-state index in [1.807, 2.05) is 12.1 Å². The van der Waals surface area contributed by atoms with E-state index >= 15 is 0 Å². The molecule has 0 saturated carbocycles. The minimum atomic E-state index is 0.356. The van der Waals surface area contributed by atoms with Gasteiger partial charge in [-0.05, 0) is 36.6 Å². The molecule has 0 heterocycles. The van der Waals surface area contributed by atoms with Gasteiger partial charge in [0.2, 0.25) is 0 Å². The molecule has 1 nitrogen and oxygen atoms in total. The maximum absolute atomic E-state index is 6.08. The number of hydrogen-bond acceptors (Lipinski definition) is 1. The molecule has 0 aromatic heterocycles. The van der Waals surface area contributed by atoms with Crippen LogP contribution in [0.15, 0.2) is 18.2 Å². The number of benzene rings is 1. The van der Waals surface area contributed by atoms with Crippen LogP contribution in [0.4, 0.5) is 0 Å². The van der Waals surface area contributed by atoms with Crippen molar-refractivity contribution in [3.05, 3.63) is 33.8 Å². The second-order valence-electron chi connectivity index (χ2n) is 4.47. The van der Waals surface area contributed by atoms with Crippen molar-refractivity contribution < 1.29 is 0 Å². The van der Waals surface area contributed by atoms with Crippen molar-refractivity contribution >= 4 is 23.2 Å². The van der Waals surface area contributed by atoms with Gasteiger partial charge in [-0.3, -0.25) is 0 Å². The molecule has 0 aliphatic carbocycles. The largest absolute Gasteiger partial charge is 0.310 e. The molecule has 0 fully saturated rings. The third kappa shape index (κ3) is 4.17. The Morgan fingerprint density at radius 1 is 1.18 bits per heavy atom. The fourth-order valence-electron chi connectivity index (χ4n) is 2.20. The lowest BCUT2D eigenvalue weighted by Crippen LogP contribution is -2.26. The summed E-state index contributed by atoms with van der Waals surface area (Å²) >= 11 is 12.0. The van der Waals surface area contributed by atoms with Crippen LogP contribution in [0.2, 0.25) is 10.0 Å². The van der Waals surface area contributed by atoms with E-state index in [2.05, 4.69) is 32.2 Å². The first-order valence-corrected chi connectivity index (χ1v) is 7.04. The first-order valence-electron chi connectivity index (χ1n) is 6.28. The third-order valence-electron chi connectivity index (χ3n) is 3.04. The smallest absolute Gasteiger partial charge is 0.0595 e. The molecule has 96 valence electrons. The van der Waals surface area contributed by atoms with Crippen molar-refractivity contribution in [2.75, 3.05) is 6.54 Å². The highest BCUT2D eigenvalue weighted by Crippen LogP contribution is 2.30. The predicted octanol–water partition coefficient (Wildman–Crippen LogP) is 5.08. The minimum absolute atomic E-state index is 0.356. The van der Waals surface area contributed by atoms with Gasteiger partial charge in [0.15, 0.2) is 0 Å². The zero-order valence-corrected chi connectivity index (χ0v) is 12.3. The van der Waals surface area contributed by atoms with Gasteiger partial charge in [0, 0.05) is 6.04 Å². The molecular formula is C14H21Cl2N. The molecule has 1 aromatic carbocycles. The molecule has 3 heteroatoms. The van der Waals surface area contributed by atoms with Crippen LogP contribution in [0.1, 0.15) is 45.2 Å². The van der Waals surface area contributed by atoms with E-state index < -0.39 is 0 Å². The summed E-state index contributed by atoms with van der Waals surface area (Å²) in [7, 11) is 0. The van der Waals surface area contributed by atoms with Gasteiger partial charge in [-0.25, -0.2) is 0 Å². The maximum atomic E-state index is 6.08. The summed E-state index contributed by atoms with van der Waals surface area (Å²) in [5.41, 5.74) is 1.22. The van der Waals surface area contributed by atoms with Gasteiger partial charge >= 0.3 is 0 Å². The van der Waals surface area contributed by atoms with Crippen LogP contribution in [0.25, 0.3) is 0 Å². The van der Waals surface area contributed by atoms with Crippen LogP contribution in [0.5, 0.6) is 0 Å². The Kier molecular flexibility index (Phi) is 6.32. The quantitative estimate of drug-likeness (QED) is 0.762. The lowest BCUT2D eigenvalue weighted by atomic mass is 9.91. The molecular weight excluding hydrogens is 253 g/mol. The number of hydrogen-bond donors (Lipinski definition) is 1. The second-order valence-corrected chi connectivity index (χ2v) is 5.29. The molecule has 0 saturated heterocycles. The minimum Gasteiger partial charge on any atom is -0.310 e. The lowest BCUT2D eigenvalue weighted by Gasteiger charge is -2.25. The Balaban J connectivity index is 2.92. The average Bonchev–Trinajstić information content (AvgIpc) is 2.30. The first kappa shape index (κ1) is 14.8. The highest BCUT2D eigenvalue weighted by atomic mass is 35.5. The number of nitrogens with one attached hydrogen (secondary N) is 1. The molecule has 0 bridgehead atoms. The number of rotatable bonds is 6. The summed E-state index contributed by atoms with van der Waals surface area (Å²) in [5.74, 6) is 0.595. The highest BCUT2D eigenvalue weighted by Gasteiger charge is 2.18. The van der Waals surface area contributed by atoms with Gasteiger partial charge in [0.25, 0.3) is 0 Å². The molecule has 2 unspecified atom stereocenters. The summed E-state index contributed by atoms with van der Waals surface area (Å²) in [6, 6.07) is 6.27. The Bertz CT molecular complexity index is 352. The van der Waals surface area contributed by atoms with Crippen LogP contribution in [-0.2, 0) is 0 Å². The van der Waals surface area contributed by atoms with E-state index in [1.54, 1.807) is 0 Å². The Morgan fingerprint density at radius 2 is 1.88 bits per heavy atom. The van der Waals surface area contributed by atoms with Gasteiger partial charge in [-0.2, -0.15) is 0 Å². The maximum Gasteiger partial charge on any atom is 0.0595 e. The van der Waals surface area contributed by atoms with Gasteiger partial charge < -0.3 is 5.32 Å². The molecule has 1 rings (SSSR count). The van der Waals surface area contributed by atoms with Gasteiger partial charge in [-0.1, -0.05) is 56.5 Å². The predicted molar refractivity (Wildman–Crippen MR) is 77.0 cm³/mol. The summed E-state index contributed by atoms with van der Waals surface area (Å²) in [6.45, 7) is 7.58. The van der Waals surface area contributed by atoms with Crippen LogP contribution < -0.4 is 5.32 Å². The van der Waals surface area contributed by atoms with E-state index in [1.165, 1.54) is 18.4 Å². The molecule has 0 radical (unpaired) electrons. The van der Waals surface area contributed by atoms with E-state index in [0.29, 0.717) is 22.0 Å². The molecule has 1 N–H and O–H groups in total. The third-order valence-corrected chi connectivity index (χ3v) is 3.78. The zero-order valence-electron chi connectivity index (χ0n) is 10.8. The highest BCUT2D eigenvalue weighted by molar-refractivity contribution is 6.42. The molecule has 0 aliphatic heterocycles. The summed E-state index contributed by atoms with van der Waals surface area (Å²) in [4.78, 5) is 0. The van der Waals surface area contributed by atoms with Crippen molar-refractivity contribution in [1.29, 1.82) is 0 Å². The van der Waals surface area contributed by atoms with Gasteiger partial charge in [0.05, 0.1) is 10.0 Å². The second kappa shape index (κ2) is 7.25. The van der Waals surface area contributed by atoms with Crippen molar-refractivity contribution in [3.63, 3.8) is 0 Å². The van der Waals surface area contributed by atoms with Gasteiger partial charge in [-0.15, -0.1) is 0 Å². The average molecular weight is 274 g/mol. The zero-order chi connectivity index (χ0) is 12.8. The normalized spacial score (nSPS) is 14.6. The van der Waals surface area contributed by atoms with Crippen LogP contribution >= 0.6 is 23.2 Å². The fourth-order valence-corrected chi connectivity index (χ4v) is 2.50. The molecule has 2 atom stereocenters. The monoisotopic (exact) mass is 273 g/mol. The topological polar surface area (TPSA) is 12.0 Å². The summed E-state index contributed by atoms with van der Waals surface area (Å²) in [6.07, 6.45) is 2.41. The van der Waals surface area contributed by atoms with E-state index in [9.17, 15) is 0 Å². The van der Waals surface area contributed by atoms with Crippen LogP contribution in [0, 0.1) is 5.92 Å². The van der Waals surface area contributed by atoms with Crippen molar-refractivity contribution in [3.8, 4) is 0 Å².